The van der Waals surface area contributed by atoms with Crippen molar-refractivity contribution in [3.63, 3.8) is 0 Å². The first-order valence-corrected chi connectivity index (χ1v) is 50.4. The third kappa shape index (κ3) is 13.1. The predicted molar refractivity (Wildman–Crippen MR) is 595 cm³/mol. The van der Waals surface area contributed by atoms with Gasteiger partial charge < -0.3 is 22.7 Å². The number of para-hydroxylation sites is 6. The second-order valence-electron chi connectivity index (χ2n) is 35.8. The van der Waals surface area contributed by atoms with Crippen molar-refractivity contribution in [2.45, 2.75) is 0 Å². The Labute approximate surface area is 821 Å². The summed E-state index contributed by atoms with van der Waals surface area (Å²) in [7, 11) is 0. The summed E-state index contributed by atoms with van der Waals surface area (Å²) < 4.78 is 25.5. The number of thiophene rings is 4. The summed E-state index contributed by atoms with van der Waals surface area (Å²) in [6.45, 7) is 0. The van der Waals surface area contributed by atoms with Crippen molar-refractivity contribution in [1.29, 1.82) is 0 Å². The zero-order chi connectivity index (χ0) is 92.4. The number of benzene rings is 19. The van der Waals surface area contributed by atoms with E-state index in [1.54, 1.807) is 34.0 Å². The SMILES string of the molecule is c1ccc(-c2nc(-c3ccc(-n4c5ccccc5c5cc6c(cc54)c4ccccc4n6-c4ccccc4)cc3)nc3c2sc2ccccc23)cc1.c1ccc(-c2nc(-c3ccc(-n4c5ccccc5c5cc6oc7ccccc7c6cc54)cc3)nc3c2sc2ccccc23)cc1.c1ccc(-c2nc(-c3ccc(-n4c5ccccc5c5cc6sc7ccccc7c6cc54)cc3)nc3c2sc2ccccc23)cc1. The fourth-order valence-corrected chi connectivity index (χ4v) is 25.9. The van der Waals surface area contributed by atoms with Crippen molar-refractivity contribution in [1.82, 2.24) is 48.2 Å². The molecule has 0 fully saturated rings. The van der Waals surface area contributed by atoms with E-state index in [2.05, 4.69) is 437 Å². The quantitative estimate of drug-likeness (QED) is 0.134. The van der Waals surface area contributed by atoms with Crippen molar-refractivity contribution in [2.75, 3.05) is 0 Å². The first-order chi connectivity index (χ1) is 69.9. The normalized spacial score (nSPS) is 12.0. The van der Waals surface area contributed by atoms with Gasteiger partial charge in [-0.3, -0.25) is 0 Å². The average molecular weight is 1870 g/mol. The number of nitrogens with zero attached hydrogens (tertiary/aromatic N) is 10. The van der Waals surface area contributed by atoms with Gasteiger partial charge in [0.15, 0.2) is 17.5 Å². The molecule has 12 aromatic heterocycles. The molecule has 0 N–H and O–H groups in total. The molecule has 658 valence electrons. The number of hydrogen-bond donors (Lipinski definition) is 0. The van der Waals surface area contributed by atoms with Crippen LogP contribution in [0.4, 0.5) is 0 Å². The summed E-state index contributed by atoms with van der Waals surface area (Å²) in [5, 5.41) is 18.2. The van der Waals surface area contributed by atoms with Crippen LogP contribution in [0.25, 0.3) is 281 Å². The Morgan fingerprint density at radius 3 is 0.816 bits per heavy atom. The van der Waals surface area contributed by atoms with Gasteiger partial charge in [-0.05, 0) is 176 Å². The zero-order valence-corrected chi connectivity index (χ0v) is 78.5. The highest BCUT2D eigenvalue weighted by Gasteiger charge is 2.26. The van der Waals surface area contributed by atoms with Crippen molar-refractivity contribution < 1.29 is 4.42 Å². The Kier molecular flexibility index (Phi) is 18.6. The van der Waals surface area contributed by atoms with E-state index in [0.29, 0.717) is 0 Å². The molecule has 0 aliphatic heterocycles. The Hall–Kier alpha value is -17.7. The van der Waals surface area contributed by atoms with Gasteiger partial charge in [-0.2, -0.15) is 0 Å². The Morgan fingerprint density at radius 1 is 0.163 bits per heavy atom. The summed E-state index contributed by atoms with van der Waals surface area (Å²) >= 11 is 7.15. The van der Waals surface area contributed by atoms with E-state index >= 15 is 0 Å². The third-order valence-electron chi connectivity index (χ3n) is 27.8. The molecule has 15 heteroatoms. The minimum atomic E-state index is 0.727. The van der Waals surface area contributed by atoms with Gasteiger partial charge in [0, 0.05) is 160 Å². The van der Waals surface area contributed by atoms with E-state index in [0.717, 1.165) is 154 Å². The summed E-state index contributed by atoms with van der Waals surface area (Å²) in [6.07, 6.45) is 0. The maximum Gasteiger partial charge on any atom is 0.160 e. The number of furan rings is 1. The molecule has 0 bridgehead atoms. The lowest BCUT2D eigenvalue weighted by atomic mass is 10.1. The lowest BCUT2D eigenvalue weighted by Gasteiger charge is -2.11. The van der Waals surface area contributed by atoms with Gasteiger partial charge in [-0.1, -0.05) is 273 Å². The first kappa shape index (κ1) is 80.6. The van der Waals surface area contributed by atoms with E-state index in [-0.39, 0.29) is 0 Å². The van der Waals surface area contributed by atoms with Crippen LogP contribution in [0.5, 0.6) is 0 Å². The number of aromatic nitrogens is 10. The van der Waals surface area contributed by atoms with Crippen molar-refractivity contribution >= 4 is 236 Å². The van der Waals surface area contributed by atoms with Gasteiger partial charge in [0.25, 0.3) is 0 Å². The van der Waals surface area contributed by atoms with Crippen LogP contribution in [-0.4, -0.2) is 48.2 Å². The van der Waals surface area contributed by atoms with Crippen LogP contribution in [0, 0.1) is 0 Å². The number of rotatable bonds is 10. The van der Waals surface area contributed by atoms with Gasteiger partial charge in [0.2, 0.25) is 0 Å². The Bertz CT molecular complexity index is 10100. The highest BCUT2D eigenvalue weighted by Crippen LogP contribution is 2.49. The molecule has 0 unspecified atom stereocenters. The highest BCUT2D eigenvalue weighted by atomic mass is 32.1. The van der Waals surface area contributed by atoms with Crippen LogP contribution < -0.4 is 0 Å². The van der Waals surface area contributed by atoms with Crippen LogP contribution in [0.15, 0.2) is 453 Å². The van der Waals surface area contributed by atoms with E-state index in [9.17, 15) is 0 Å². The highest BCUT2D eigenvalue weighted by molar-refractivity contribution is 7.27. The molecule has 0 saturated heterocycles. The molecule has 141 heavy (non-hydrogen) atoms. The third-order valence-corrected chi connectivity index (χ3v) is 32.4. The smallest absolute Gasteiger partial charge is 0.160 e. The van der Waals surface area contributed by atoms with Crippen molar-refractivity contribution in [3.8, 4) is 90.7 Å². The lowest BCUT2D eigenvalue weighted by molar-refractivity contribution is 0.669. The molecule has 0 spiro atoms. The van der Waals surface area contributed by atoms with E-state index in [1.807, 2.05) is 41.7 Å². The summed E-state index contributed by atoms with van der Waals surface area (Å²) in [6, 6.07) is 159. The van der Waals surface area contributed by atoms with Crippen LogP contribution >= 0.6 is 45.3 Å². The largest absolute Gasteiger partial charge is 0.456 e. The van der Waals surface area contributed by atoms with Gasteiger partial charge in [-0.25, -0.2) is 29.9 Å². The molecule has 19 aromatic carbocycles. The van der Waals surface area contributed by atoms with Gasteiger partial charge >= 0.3 is 0 Å². The van der Waals surface area contributed by atoms with E-state index in [4.69, 9.17) is 34.3 Å². The maximum absolute atomic E-state index is 6.26. The second-order valence-corrected chi connectivity index (χ2v) is 40.1. The molecular weight excluding hydrogens is 1800 g/mol. The first-order valence-electron chi connectivity index (χ1n) is 47.2. The molecular formula is C126H74N10OS4. The molecule has 11 nitrogen and oxygen atoms in total. The van der Waals surface area contributed by atoms with Crippen LogP contribution in [0.3, 0.4) is 0 Å². The van der Waals surface area contributed by atoms with Gasteiger partial charge in [-0.15, -0.1) is 45.3 Å². The van der Waals surface area contributed by atoms with E-state index in [1.165, 1.54) is 127 Å². The molecule has 31 aromatic rings. The number of hydrogen-bond acceptors (Lipinski definition) is 11. The monoisotopic (exact) mass is 1870 g/mol. The average Bonchev–Trinajstić information content (AvgIpc) is 1.98. The lowest BCUT2D eigenvalue weighted by Crippen LogP contribution is -1.96. The minimum absolute atomic E-state index is 0.727. The molecule has 0 atom stereocenters. The van der Waals surface area contributed by atoms with Crippen LogP contribution in [-0.2, 0) is 0 Å². The Morgan fingerprint density at radius 2 is 0.440 bits per heavy atom. The summed E-state index contributed by atoms with van der Waals surface area (Å²) in [4.78, 5) is 31.1. The fourth-order valence-electron chi connectivity index (χ4n) is 21.3. The second kappa shape index (κ2) is 32.5. The van der Waals surface area contributed by atoms with Gasteiger partial charge in [0.05, 0.1) is 91.9 Å². The van der Waals surface area contributed by atoms with Crippen molar-refractivity contribution in [3.05, 3.63) is 449 Å². The molecule has 0 aliphatic carbocycles. The molecule has 0 radical (unpaired) electrons. The molecule has 31 rings (SSSR count). The Balaban J connectivity index is 0.000000102. The van der Waals surface area contributed by atoms with Crippen molar-refractivity contribution in [2.24, 2.45) is 0 Å². The van der Waals surface area contributed by atoms with Crippen LogP contribution in [0.2, 0.25) is 0 Å². The standard InChI is InChI=1S/C46H28N4S.C40H23N3OS.C40H23N3S2/c1-3-13-29(14-4-1)43-45-44(35-19-9-12-22-42(35)51-45)48-46(47-43)30-23-25-32(26-24-30)50-39-21-11-8-18-34(39)37-27-40-36(28-41(37)50)33-17-7-10-20-38(33)49(40)31-15-5-2-6-16-31;1-2-10-24(11-3-1)37-39-38(29-14-6-9-17-36(29)45-39)42-40(41-37)25-18-20-26(21-19-25)43-32-15-7-4-12-27(32)30-23-35-31(22-33(30)43)28-13-5-8-16-34(28)44-35;1-2-10-24(11-3-1)37-39-38(29-14-6-9-17-35(29)45-39)42-40(41-37)25-18-20-26(21-19-25)43-32-15-7-4-12-27(32)30-23-36-31(22-33(30)43)28-13-5-8-16-34(28)44-36/h1-28H;2*1-23H. The topological polar surface area (TPSA) is 110 Å². The summed E-state index contributed by atoms with van der Waals surface area (Å²) in [5.41, 5.74) is 28.0. The number of fused-ring (bicyclic) bond motifs is 27. The van der Waals surface area contributed by atoms with Crippen LogP contribution in [0.1, 0.15) is 0 Å². The molecule has 12 heterocycles. The zero-order valence-electron chi connectivity index (χ0n) is 75.2. The van der Waals surface area contributed by atoms with Gasteiger partial charge in [0.1, 0.15) is 11.2 Å². The molecule has 0 aliphatic rings. The summed E-state index contributed by atoms with van der Waals surface area (Å²) in [5.74, 6) is 2.20. The molecule has 0 saturated carbocycles. The minimum Gasteiger partial charge on any atom is -0.456 e. The fraction of sp³-hybridized carbons (Fsp3) is 0. The molecule has 0 amide bonds. The van der Waals surface area contributed by atoms with E-state index < -0.39 is 0 Å². The maximum atomic E-state index is 6.26. The predicted octanol–water partition coefficient (Wildman–Crippen LogP) is 35.2.